The molecule has 5 aromatic rings. The number of aryl methyl sites for hydroxylation is 2. The third kappa shape index (κ3) is 3.84. The average Bonchev–Trinajstić information content (AvgIpc) is 3.45. The Hall–Kier alpha value is -3.44. The standard InChI is InChI=1S/C26H22N2O2S/c1-17-11-12-22-20(15-17)24-21(16-28-22)23(18-7-3-2-4-8-18)25(31-24)26(29)27-13-5-9-19-10-6-14-30-19/h2-4,6-8,10-12,14-16H,5,9,13H2,1H3,(H,27,29). The van der Waals surface area contributed by atoms with Crippen molar-refractivity contribution in [1.82, 2.24) is 10.3 Å². The first-order valence-electron chi connectivity index (χ1n) is 10.4. The number of thiophene rings is 1. The highest BCUT2D eigenvalue weighted by molar-refractivity contribution is 7.22. The van der Waals surface area contributed by atoms with E-state index in [0.29, 0.717) is 6.54 Å². The summed E-state index contributed by atoms with van der Waals surface area (Å²) in [6.45, 7) is 2.68. The quantitative estimate of drug-likeness (QED) is 0.321. The molecule has 2 aromatic carbocycles. The molecule has 5 heteroatoms. The molecule has 31 heavy (non-hydrogen) atoms. The Kier molecular flexibility index (Phi) is 5.26. The Labute approximate surface area is 184 Å². The first kappa shape index (κ1) is 19.5. The number of rotatable bonds is 6. The zero-order valence-electron chi connectivity index (χ0n) is 17.2. The van der Waals surface area contributed by atoms with Crippen LogP contribution in [0.5, 0.6) is 0 Å². The van der Waals surface area contributed by atoms with Gasteiger partial charge >= 0.3 is 0 Å². The van der Waals surface area contributed by atoms with Crippen LogP contribution in [0.2, 0.25) is 0 Å². The Bertz CT molecular complexity index is 1350. The Morgan fingerprint density at radius 3 is 2.74 bits per heavy atom. The summed E-state index contributed by atoms with van der Waals surface area (Å²) in [6.07, 6.45) is 5.21. The highest BCUT2D eigenvalue weighted by Crippen LogP contribution is 2.41. The maximum absolute atomic E-state index is 13.2. The Balaban J connectivity index is 1.53. The van der Waals surface area contributed by atoms with E-state index < -0.39 is 0 Å². The van der Waals surface area contributed by atoms with Crippen LogP contribution in [-0.2, 0) is 6.42 Å². The highest BCUT2D eigenvalue weighted by atomic mass is 32.1. The third-order valence-electron chi connectivity index (χ3n) is 5.41. The van der Waals surface area contributed by atoms with Crippen LogP contribution >= 0.6 is 11.3 Å². The van der Waals surface area contributed by atoms with Crippen molar-refractivity contribution in [3.05, 3.63) is 89.3 Å². The van der Waals surface area contributed by atoms with Crippen LogP contribution in [0.1, 0.15) is 27.4 Å². The van der Waals surface area contributed by atoms with Crippen LogP contribution in [0.4, 0.5) is 0 Å². The maximum atomic E-state index is 13.2. The van der Waals surface area contributed by atoms with E-state index in [2.05, 4.69) is 41.5 Å². The number of hydrogen-bond acceptors (Lipinski definition) is 4. The molecular weight excluding hydrogens is 404 g/mol. The summed E-state index contributed by atoms with van der Waals surface area (Å²) in [6, 6.07) is 20.2. The third-order valence-corrected chi connectivity index (χ3v) is 6.65. The van der Waals surface area contributed by atoms with Gasteiger partial charge in [-0.1, -0.05) is 42.0 Å². The zero-order valence-corrected chi connectivity index (χ0v) is 18.0. The van der Waals surface area contributed by atoms with E-state index in [-0.39, 0.29) is 5.91 Å². The second-order valence-electron chi connectivity index (χ2n) is 7.63. The predicted molar refractivity (Wildman–Crippen MR) is 127 cm³/mol. The van der Waals surface area contributed by atoms with Gasteiger partial charge in [0, 0.05) is 40.2 Å². The summed E-state index contributed by atoms with van der Waals surface area (Å²) >= 11 is 1.55. The minimum atomic E-state index is -0.0414. The highest BCUT2D eigenvalue weighted by Gasteiger charge is 2.21. The van der Waals surface area contributed by atoms with Gasteiger partial charge < -0.3 is 9.73 Å². The number of carbonyl (C=O) groups is 1. The minimum Gasteiger partial charge on any atom is -0.469 e. The minimum absolute atomic E-state index is 0.0414. The summed E-state index contributed by atoms with van der Waals surface area (Å²) in [5.41, 5.74) is 4.12. The fourth-order valence-electron chi connectivity index (χ4n) is 3.90. The molecule has 0 spiro atoms. The maximum Gasteiger partial charge on any atom is 0.262 e. The number of carbonyl (C=O) groups excluding carboxylic acids is 1. The lowest BCUT2D eigenvalue weighted by molar-refractivity contribution is 0.0957. The molecule has 4 nitrogen and oxygen atoms in total. The number of nitrogens with zero attached hydrogens (tertiary/aromatic N) is 1. The lowest BCUT2D eigenvalue weighted by Gasteiger charge is -2.07. The fraction of sp³-hybridized carbons (Fsp3) is 0.154. The van der Waals surface area contributed by atoms with Crippen LogP contribution in [0.15, 0.2) is 77.5 Å². The molecule has 1 N–H and O–H groups in total. The summed E-state index contributed by atoms with van der Waals surface area (Å²) in [4.78, 5) is 18.6. The lowest BCUT2D eigenvalue weighted by atomic mass is 10.0. The predicted octanol–water partition coefficient (Wildman–Crippen LogP) is 6.38. The van der Waals surface area contributed by atoms with Gasteiger partial charge in [-0.2, -0.15) is 0 Å². The molecule has 0 radical (unpaired) electrons. The molecule has 3 heterocycles. The number of fused-ring (bicyclic) bond motifs is 3. The molecule has 3 aromatic heterocycles. The largest absolute Gasteiger partial charge is 0.469 e. The zero-order chi connectivity index (χ0) is 21.2. The smallest absolute Gasteiger partial charge is 0.262 e. The van der Waals surface area contributed by atoms with Crippen LogP contribution in [0.3, 0.4) is 0 Å². The first-order valence-corrected chi connectivity index (χ1v) is 11.2. The van der Waals surface area contributed by atoms with Crippen molar-refractivity contribution in [1.29, 1.82) is 0 Å². The number of amides is 1. The van der Waals surface area contributed by atoms with Gasteiger partial charge in [-0.3, -0.25) is 9.78 Å². The van der Waals surface area contributed by atoms with E-state index in [1.807, 2.05) is 42.6 Å². The van der Waals surface area contributed by atoms with E-state index in [1.165, 1.54) is 5.56 Å². The molecule has 0 saturated heterocycles. The van der Waals surface area contributed by atoms with E-state index in [0.717, 1.165) is 55.6 Å². The SMILES string of the molecule is Cc1ccc2ncc3c(-c4ccccc4)c(C(=O)NCCCc4ccco4)sc3c2c1. The molecule has 0 aliphatic heterocycles. The van der Waals surface area contributed by atoms with Crippen molar-refractivity contribution in [3.8, 4) is 11.1 Å². The second kappa shape index (κ2) is 8.36. The van der Waals surface area contributed by atoms with Gasteiger partial charge in [-0.25, -0.2) is 0 Å². The number of furan rings is 1. The summed E-state index contributed by atoms with van der Waals surface area (Å²) < 4.78 is 6.48. The molecule has 0 aliphatic rings. The van der Waals surface area contributed by atoms with Crippen molar-refractivity contribution in [2.45, 2.75) is 19.8 Å². The Morgan fingerprint density at radius 1 is 1.06 bits per heavy atom. The second-order valence-corrected chi connectivity index (χ2v) is 8.65. The van der Waals surface area contributed by atoms with Crippen LogP contribution in [0.25, 0.3) is 32.1 Å². The van der Waals surface area contributed by atoms with Gasteiger partial charge in [-0.05, 0) is 43.2 Å². The Morgan fingerprint density at radius 2 is 1.94 bits per heavy atom. The lowest BCUT2D eigenvalue weighted by Crippen LogP contribution is -2.24. The summed E-state index contributed by atoms with van der Waals surface area (Å²) in [7, 11) is 0. The van der Waals surface area contributed by atoms with Crippen LogP contribution in [0, 0.1) is 6.92 Å². The van der Waals surface area contributed by atoms with Gasteiger partial charge in [-0.15, -0.1) is 11.3 Å². The molecule has 0 aliphatic carbocycles. The molecule has 0 atom stereocenters. The topological polar surface area (TPSA) is 55.1 Å². The van der Waals surface area contributed by atoms with Gasteiger partial charge in [0.05, 0.1) is 11.8 Å². The molecule has 0 bridgehead atoms. The van der Waals surface area contributed by atoms with Gasteiger partial charge in [0.1, 0.15) is 10.6 Å². The number of benzene rings is 2. The van der Waals surface area contributed by atoms with Crippen molar-refractivity contribution in [3.63, 3.8) is 0 Å². The molecule has 1 amide bonds. The molecule has 0 saturated carbocycles. The van der Waals surface area contributed by atoms with Crippen LogP contribution < -0.4 is 5.32 Å². The molecular formula is C26H22N2O2S. The fourth-order valence-corrected chi connectivity index (χ4v) is 5.13. The first-order chi connectivity index (χ1) is 15.2. The van der Waals surface area contributed by atoms with E-state index in [9.17, 15) is 4.79 Å². The summed E-state index contributed by atoms with van der Waals surface area (Å²) in [5.74, 6) is 0.898. The monoisotopic (exact) mass is 426 g/mol. The van der Waals surface area contributed by atoms with E-state index >= 15 is 0 Å². The normalized spacial score (nSPS) is 11.3. The number of pyridine rings is 1. The van der Waals surface area contributed by atoms with Gasteiger partial charge in [0.25, 0.3) is 5.91 Å². The molecule has 5 rings (SSSR count). The van der Waals surface area contributed by atoms with Crippen molar-refractivity contribution in [2.75, 3.05) is 6.54 Å². The van der Waals surface area contributed by atoms with Crippen molar-refractivity contribution >= 4 is 38.2 Å². The number of aromatic nitrogens is 1. The number of nitrogens with one attached hydrogen (secondary N) is 1. The molecule has 154 valence electrons. The van der Waals surface area contributed by atoms with Crippen molar-refractivity contribution in [2.24, 2.45) is 0 Å². The van der Waals surface area contributed by atoms with Gasteiger partial charge in [0.15, 0.2) is 0 Å². The summed E-state index contributed by atoms with van der Waals surface area (Å²) in [5, 5.41) is 5.22. The number of hydrogen-bond donors (Lipinski definition) is 1. The average molecular weight is 427 g/mol. The van der Waals surface area contributed by atoms with Gasteiger partial charge in [0.2, 0.25) is 0 Å². The molecule has 0 unspecified atom stereocenters. The molecule has 0 fully saturated rings. The van der Waals surface area contributed by atoms with Crippen LogP contribution in [-0.4, -0.2) is 17.4 Å². The van der Waals surface area contributed by atoms with Crippen molar-refractivity contribution < 1.29 is 9.21 Å². The van der Waals surface area contributed by atoms with E-state index in [1.54, 1.807) is 17.6 Å². The van der Waals surface area contributed by atoms with E-state index in [4.69, 9.17) is 4.42 Å².